The highest BCUT2D eigenvalue weighted by molar-refractivity contribution is 7.89. The van der Waals surface area contributed by atoms with Gasteiger partial charge in [0.25, 0.3) is 0 Å². The van der Waals surface area contributed by atoms with Crippen LogP contribution in [0.1, 0.15) is 42.5 Å². The second-order valence-corrected chi connectivity index (χ2v) is 11.6. The highest BCUT2D eigenvalue weighted by Gasteiger charge is 2.58. The minimum atomic E-state index is -5.76. The molecule has 0 amide bonds. The summed E-state index contributed by atoms with van der Waals surface area (Å²) in [5.74, 6) is 0.600. The van der Waals surface area contributed by atoms with Crippen LogP contribution >= 0.6 is 0 Å². The maximum absolute atomic E-state index is 13.5. The standard InChI is InChI=1S/C21H22F6N4O2S/c22-20(23,24)15-1-2-18-14(3-15)9-30(34(32,33)21(25,26)27)11-17(7-19-4-13(5-19)6-19)31(18)10-16-8-28-12-29-16/h1-3,8,12-13,17H,4-7,9-11H2,(H,28,29). The van der Waals surface area contributed by atoms with Crippen molar-refractivity contribution in [3.8, 4) is 0 Å². The monoisotopic (exact) mass is 508 g/mol. The van der Waals surface area contributed by atoms with Gasteiger partial charge in [-0.15, -0.1) is 0 Å². The van der Waals surface area contributed by atoms with Gasteiger partial charge in [0, 0.05) is 31.0 Å². The van der Waals surface area contributed by atoms with E-state index in [1.54, 1.807) is 4.90 Å². The number of sulfonamides is 1. The minimum Gasteiger partial charge on any atom is -0.361 e. The Hall–Kier alpha value is -2.28. The number of anilines is 1. The molecule has 3 saturated carbocycles. The molecule has 6 rings (SSSR count). The number of fused-ring (bicyclic) bond motifs is 1. The quantitative estimate of drug-likeness (QED) is 0.597. The first-order valence-corrected chi connectivity index (χ1v) is 12.2. The first kappa shape index (κ1) is 23.5. The Morgan fingerprint density at radius 2 is 1.82 bits per heavy atom. The highest BCUT2D eigenvalue weighted by Crippen LogP contribution is 2.67. The van der Waals surface area contributed by atoms with Crippen molar-refractivity contribution < 1.29 is 34.8 Å². The zero-order chi connectivity index (χ0) is 24.5. The van der Waals surface area contributed by atoms with E-state index >= 15 is 0 Å². The van der Waals surface area contributed by atoms with E-state index in [0.717, 1.165) is 31.4 Å². The molecule has 1 unspecified atom stereocenters. The third-order valence-corrected chi connectivity index (χ3v) is 8.82. The van der Waals surface area contributed by atoms with Crippen LogP contribution in [-0.4, -0.2) is 40.8 Å². The molecule has 6 nitrogen and oxygen atoms in total. The summed E-state index contributed by atoms with van der Waals surface area (Å²) >= 11 is 0. The fourth-order valence-electron chi connectivity index (χ4n) is 5.63. The molecule has 2 bridgehead atoms. The van der Waals surface area contributed by atoms with Crippen molar-refractivity contribution >= 4 is 15.7 Å². The van der Waals surface area contributed by atoms with E-state index in [1.807, 2.05) is 0 Å². The van der Waals surface area contributed by atoms with Crippen LogP contribution in [-0.2, 0) is 29.3 Å². The van der Waals surface area contributed by atoms with E-state index in [4.69, 9.17) is 0 Å². The molecule has 1 atom stereocenters. The summed E-state index contributed by atoms with van der Waals surface area (Å²) in [6, 6.07) is 2.20. The molecule has 3 fully saturated rings. The van der Waals surface area contributed by atoms with E-state index < -0.39 is 46.4 Å². The van der Waals surface area contributed by atoms with Crippen LogP contribution in [0.5, 0.6) is 0 Å². The average Bonchev–Trinajstić information content (AvgIpc) is 3.12. The van der Waals surface area contributed by atoms with Crippen LogP contribution in [0.3, 0.4) is 0 Å². The van der Waals surface area contributed by atoms with E-state index in [-0.39, 0.29) is 21.8 Å². The van der Waals surface area contributed by atoms with Gasteiger partial charge in [-0.25, -0.2) is 13.4 Å². The third kappa shape index (κ3) is 3.96. The average molecular weight is 508 g/mol. The highest BCUT2D eigenvalue weighted by atomic mass is 32.2. The van der Waals surface area contributed by atoms with Crippen LogP contribution in [0.4, 0.5) is 32.0 Å². The second kappa shape index (κ2) is 7.61. The number of alkyl halides is 6. The lowest BCUT2D eigenvalue weighted by Crippen LogP contribution is -2.57. The molecule has 1 aromatic heterocycles. The fourth-order valence-corrected chi connectivity index (χ4v) is 6.60. The molecule has 1 aliphatic heterocycles. The Balaban J connectivity index is 1.61. The predicted octanol–water partition coefficient (Wildman–Crippen LogP) is 4.66. The van der Waals surface area contributed by atoms with Crippen molar-refractivity contribution in [3.63, 3.8) is 0 Å². The lowest BCUT2D eigenvalue weighted by atomic mass is 9.43. The largest absolute Gasteiger partial charge is 0.511 e. The molecule has 3 aliphatic carbocycles. The third-order valence-electron chi connectivity index (χ3n) is 7.28. The van der Waals surface area contributed by atoms with Crippen LogP contribution < -0.4 is 4.90 Å². The van der Waals surface area contributed by atoms with Gasteiger partial charge in [-0.05, 0) is 60.8 Å². The number of aromatic amines is 1. The number of imidazole rings is 1. The summed E-state index contributed by atoms with van der Waals surface area (Å²) in [7, 11) is -5.76. The van der Waals surface area contributed by atoms with E-state index in [9.17, 15) is 34.8 Å². The minimum absolute atomic E-state index is 0.0500. The number of nitrogens with zero attached hydrogens (tertiary/aromatic N) is 3. The lowest BCUT2D eigenvalue weighted by Gasteiger charge is -2.63. The number of halogens is 6. The molecule has 0 spiro atoms. The smallest absolute Gasteiger partial charge is 0.361 e. The second-order valence-electron chi connectivity index (χ2n) is 9.63. The normalized spacial score (nSPS) is 27.5. The molecule has 13 heteroatoms. The zero-order valence-electron chi connectivity index (χ0n) is 17.8. The number of rotatable bonds is 5. The van der Waals surface area contributed by atoms with Crippen LogP contribution in [0.15, 0.2) is 30.7 Å². The molecular weight excluding hydrogens is 486 g/mol. The molecule has 186 valence electrons. The van der Waals surface area contributed by atoms with Gasteiger partial charge in [-0.3, -0.25) is 0 Å². The van der Waals surface area contributed by atoms with Gasteiger partial charge in [-0.2, -0.15) is 30.6 Å². The fraction of sp³-hybridized carbons (Fsp3) is 0.571. The first-order valence-electron chi connectivity index (χ1n) is 10.8. The Morgan fingerprint density at radius 1 is 1.12 bits per heavy atom. The van der Waals surface area contributed by atoms with Gasteiger partial charge >= 0.3 is 21.7 Å². The van der Waals surface area contributed by atoms with Gasteiger partial charge in [0.15, 0.2) is 0 Å². The van der Waals surface area contributed by atoms with Gasteiger partial charge in [0.05, 0.1) is 24.1 Å². The molecule has 2 heterocycles. The lowest BCUT2D eigenvalue weighted by molar-refractivity contribution is -0.137. The summed E-state index contributed by atoms with van der Waals surface area (Å²) in [6.07, 6.45) is 1.50. The molecule has 0 saturated heterocycles. The first-order chi connectivity index (χ1) is 15.8. The van der Waals surface area contributed by atoms with E-state index in [2.05, 4.69) is 9.97 Å². The Kier molecular flexibility index (Phi) is 5.25. The van der Waals surface area contributed by atoms with E-state index in [0.29, 0.717) is 23.7 Å². The number of nitrogens with one attached hydrogen (secondary N) is 1. The molecular formula is C21H22F6N4O2S. The molecule has 1 N–H and O–H groups in total. The predicted molar refractivity (Wildman–Crippen MR) is 110 cm³/mol. The Bertz CT molecular complexity index is 1160. The van der Waals surface area contributed by atoms with Gasteiger partial charge < -0.3 is 9.88 Å². The van der Waals surface area contributed by atoms with E-state index in [1.165, 1.54) is 18.6 Å². The number of H-pyrrole nitrogens is 1. The topological polar surface area (TPSA) is 69.3 Å². The van der Waals surface area contributed by atoms with Gasteiger partial charge in [0.2, 0.25) is 0 Å². The van der Waals surface area contributed by atoms with Crippen molar-refractivity contribution in [3.05, 3.63) is 47.5 Å². The van der Waals surface area contributed by atoms with Crippen molar-refractivity contribution in [1.82, 2.24) is 14.3 Å². The van der Waals surface area contributed by atoms with Crippen molar-refractivity contribution in [2.75, 3.05) is 11.4 Å². The van der Waals surface area contributed by atoms with Crippen molar-refractivity contribution in [2.24, 2.45) is 11.3 Å². The van der Waals surface area contributed by atoms with Gasteiger partial charge in [0.1, 0.15) is 0 Å². The SMILES string of the molecule is O=S(=O)(N1Cc2cc(C(F)(F)F)ccc2N(Cc2cnc[nH]2)C(CC23CC(C2)C3)C1)C(F)(F)F. The number of hydrogen-bond acceptors (Lipinski definition) is 4. The molecule has 34 heavy (non-hydrogen) atoms. The number of aromatic nitrogens is 2. The van der Waals surface area contributed by atoms with Crippen LogP contribution in [0, 0.1) is 11.3 Å². The molecule has 4 aliphatic rings. The van der Waals surface area contributed by atoms with Crippen molar-refractivity contribution in [2.45, 2.75) is 56.5 Å². The summed E-state index contributed by atoms with van der Waals surface area (Å²) in [5.41, 5.74) is -5.88. The zero-order valence-corrected chi connectivity index (χ0v) is 18.6. The van der Waals surface area contributed by atoms with Crippen LogP contribution in [0.25, 0.3) is 0 Å². The summed E-state index contributed by atoms with van der Waals surface area (Å²) in [5, 5.41) is 0. The molecule has 2 aromatic rings. The van der Waals surface area contributed by atoms with Crippen LogP contribution in [0.2, 0.25) is 0 Å². The molecule has 1 aromatic carbocycles. The van der Waals surface area contributed by atoms with Gasteiger partial charge in [-0.1, -0.05) is 0 Å². The number of benzene rings is 1. The molecule has 0 radical (unpaired) electrons. The summed E-state index contributed by atoms with van der Waals surface area (Å²) in [4.78, 5) is 8.59. The Labute approximate surface area is 192 Å². The summed E-state index contributed by atoms with van der Waals surface area (Å²) in [6.45, 7) is -1.13. The maximum Gasteiger partial charge on any atom is 0.511 e. The maximum atomic E-state index is 13.5. The Morgan fingerprint density at radius 3 is 2.35 bits per heavy atom. The van der Waals surface area contributed by atoms with Crippen molar-refractivity contribution in [1.29, 1.82) is 0 Å². The number of hydrogen-bond donors (Lipinski definition) is 1. The summed E-state index contributed by atoms with van der Waals surface area (Å²) < 4.78 is 106.